The van der Waals surface area contributed by atoms with Crippen molar-refractivity contribution in [2.75, 3.05) is 6.61 Å². The van der Waals surface area contributed by atoms with E-state index < -0.39 is 22.0 Å². The molecular formula is C11H19N3O5S. The average Bonchev–Trinajstić information content (AvgIpc) is 2.61. The summed E-state index contributed by atoms with van der Waals surface area (Å²) in [5.41, 5.74) is 0.673. The summed E-state index contributed by atoms with van der Waals surface area (Å²) in [5, 5.41) is 21.6. The van der Waals surface area contributed by atoms with Crippen LogP contribution in [-0.4, -0.2) is 47.0 Å². The van der Waals surface area contributed by atoms with Crippen LogP contribution in [0.3, 0.4) is 0 Å². The highest BCUT2D eigenvalue weighted by molar-refractivity contribution is 7.89. The van der Waals surface area contributed by atoms with E-state index in [1.165, 1.54) is 11.6 Å². The average molecular weight is 305 g/mol. The fourth-order valence-electron chi connectivity index (χ4n) is 1.85. The molecule has 1 atom stereocenters. The van der Waals surface area contributed by atoms with Crippen molar-refractivity contribution in [1.29, 1.82) is 0 Å². The summed E-state index contributed by atoms with van der Waals surface area (Å²) in [5.74, 6) is -0.978. The lowest BCUT2D eigenvalue weighted by molar-refractivity contribution is -0.137. The number of nitrogens with one attached hydrogen (secondary N) is 1. The zero-order valence-electron chi connectivity index (χ0n) is 11.6. The van der Waals surface area contributed by atoms with Crippen LogP contribution in [-0.2, 0) is 21.4 Å². The Balaban J connectivity index is 3.10. The van der Waals surface area contributed by atoms with Gasteiger partial charge in [0.1, 0.15) is 4.90 Å². The summed E-state index contributed by atoms with van der Waals surface area (Å²) in [6, 6.07) is -0.610. The Morgan fingerprint density at radius 1 is 1.45 bits per heavy atom. The lowest BCUT2D eigenvalue weighted by Crippen LogP contribution is -2.35. The van der Waals surface area contributed by atoms with E-state index in [2.05, 4.69) is 9.82 Å². The van der Waals surface area contributed by atoms with E-state index in [0.717, 1.165) is 0 Å². The van der Waals surface area contributed by atoms with Crippen LogP contribution in [0.5, 0.6) is 0 Å². The lowest BCUT2D eigenvalue weighted by atomic mass is 10.4. The van der Waals surface area contributed by atoms with Gasteiger partial charge in [-0.05, 0) is 20.8 Å². The summed E-state index contributed by atoms with van der Waals surface area (Å²) < 4.78 is 28.1. The second kappa shape index (κ2) is 6.33. The Labute approximate surface area is 117 Å². The Morgan fingerprint density at radius 3 is 2.55 bits per heavy atom. The number of carbonyl (C=O) groups is 1. The molecule has 8 nitrogen and oxygen atoms in total. The molecule has 0 aliphatic carbocycles. The van der Waals surface area contributed by atoms with Gasteiger partial charge in [0, 0.05) is 6.04 Å². The van der Waals surface area contributed by atoms with E-state index in [1.54, 1.807) is 13.8 Å². The topological polar surface area (TPSA) is 122 Å². The number of aromatic nitrogens is 2. The zero-order chi connectivity index (χ0) is 15.5. The van der Waals surface area contributed by atoms with E-state index in [0.29, 0.717) is 11.4 Å². The van der Waals surface area contributed by atoms with Crippen LogP contribution in [0.25, 0.3) is 0 Å². The predicted molar refractivity (Wildman–Crippen MR) is 70.8 cm³/mol. The summed E-state index contributed by atoms with van der Waals surface area (Å²) in [4.78, 5) is 10.6. The molecule has 1 aromatic rings. The maximum absolute atomic E-state index is 12.2. The summed E-state index contributed by atoms with van der Waals surface area (Å²) >= 11 is 0. The molecule has 0 aliphatic heterocycles. The number of hydrogen-bond donors (Lipinski definition) is 3. The first-order valence-corrected chi connectivity index (χ1v) is 7.56. The monoisotopic (exact) mass is 305 g/mol. The fraction of sp³-hybridized carbons (Fsp3) is 0.636. The molecule has 114 valence electrons. The quantitative estimate of drug-likeness (QED) is 0.632. The number of nitrogens with zero attached hydrogens (tertiary/aromatic N) is 2. The van der Waals surface area contributed by atoms with Crippen molar-refractivity contribution in [1.82, 2.24) is 14.5 Å². The lowest BCUT2D eigenvalue weighted by Gasteiger charge is -2.11. The Hall–Kier alpha value is -1.45. The molecule has 3 N–H and O–H groups in total. The molecule has 0 saturated carbocycles. The van der Waals surface area contributed by atoms with Gasteiger partial charge in [-0.15, -0.1) is 0 Å². The molecule has 0 unspecified atom stereocenters. The highest BCUT2D eigenvalue weighted by Gasteiger charge is 2.25. The van der Waals surface area contributed by atoms with Crippen molar-refractivity contribution in [3.05, 3.63) is 11.4 Å². The molecule has 0 radical (unpaired) electrons. The molecule has 1 heterocycles. The summed E-state index contributed by atoms with van der Waals surface area (Å²) in [6.45, 7) is 4.44. The molecule has 0 aliphatic rings. The van der Waals surface area contributed by atoms with Crippen LogP contribution >= 0.6 is 0 Å². The Morgan fingerprint density at radius 2 is 2.05 bits per heavy atom. The second-order valence-electron chi connectivity index (χ2n) is 4.57. The highest BCUT2D eigenvalue weighted by atomic mass is 32.2. The smallest absolute Gasteiger partial charge is 0.305 e. The Kier molecular flexibility index (Phi) is 5.26. The number of sulfonamides is 1. The first kappa shape index (κ1) is 16.6. The van der Waals surface area contributed by atoms with Gasteiger partial charge in [-0.2, -0.15) is 5.10 Å². The van der Waals surface area contributed by atoms with Crippen molar-refractivity contribution in [3.8, 4) is 0 Å². The van der Waals surface area contributed by atoms with Crippen LogP contribution in [0.2, 0.25) is 0 Å². The zero-order valence-corrected chi connectivity index (χ0v) is 12.4. The maximum Gasteiger partial charge on any atom is 0.305 e. The van der Waals surface area contributed by atoms with Crippen molar-refractivity contribution in [2.24, 2.45) is 0 Å². The third-order valence-corrected chi connectivity index (χ3v) is 4.59. The molecule has 0 spiro atoms. The molecule has 0 aromatic carbocycles. The number of rotatable bonds is 7. The van der Waals surface area contributed by atoms with Crippen LogP contribution in [0.15, 0.2) is 4.90 Å². The van der Waals surface area contributed by atoms with Crippen molar-refractivity contribution < 1.29 is 23.4 Å². The molecule has 0 amide bonds. The van der Waals surface area contributed by atoms with Gasteiger partial charge in [-0.3, -0.25) is 9.48 Å². The normalized spacial score (nSPS) is 13.4. The molecular weight excluding hydrogens is 286 g/mol. The predicted octanol–water partition coefficient (Wildman–Crippen LogP) is -0.366. The molecule has 1 rings (SSSR count). The van der Waals surface area contributed by atoms with Gasteiger partial charge in [0.15, 0.2) is 0 Å². The van der Waals surface area contributed by atoms with Gasteiger partial charge < -0.3 is 10.2 Å². The summed E-state index contributed by atoms with van der Waals surface area (Å²) in [6.07, 6.45) is -0.137. The van der Waals surface area contributed by atoms with E-state index in [4.69, 9.17) is 10.2 Å². The minimum absolute atomic E-state index is 0.0307. The van der Waals surface area contributed by atoms with E-state index in [1.807, 2.05) is 0 Å². The maximum atomic E-state index is 12.2. The molecule has 1 aromatic heterocycles. The molecule has 0 saturated heterocycles. The van der Waals surface area contributed by atoms with Gasteiger partial charge in [0.05, 0.1) is 31.0 Å². The highest BCUT2D eigenvalue weighted by Crippen LogP contribution is 2.19. The number of aliphatic carboxylic acids is 1. The van der Waals surface area contributed by atoms with Crippen molar-refractivity contribution in [3.63, 3.8) is 0 Å². The SMILES string of the molecule is Cc1nn(CCC(=O)O)c(C)c1S(=O)(=O)N[C@H](C)CO. The van der Waals surface area contributed by atoms with E-state index >= 15 is 0 Å². The van der Waals surface area contributed by atoms with Crippen LogP contribution in [0, 0.1) is 13.8 Å². The number of hydrogen-bond acceptors (Lipinski definition) is 5. The molecule has 9 heteroatoms. The largest absolute Gasteiger partial charge is 0.481 e. The third kappa shape index (κ3) is 3.78. The van der Waals surface area contributed by atoms with Crippen LogP contribution in [0.4, 0.5) is 0 Å². The molecule has 20 heavy (non-hydrogen) atoms. The van der Waals surface area contributed by atoms with E-state index in [9.17, 15) is 13.2 Å². The minimum atomic E-state index is -3.79. The van der Waals surface area contributed by atoms with Gasteiger partial charge in [0.2, 0.25) is 10.0 Å². The van der Waals surface area contributed by atoms with Gasteiger partial charge in [-0.25, -0.2) is 13.1 Å². The first-order chi connectivity index (χ1) is 9.19. The van der Waals surface area contributed by atoms with Crippen molar-refractivity contribution >= 4 is 16.0 Å². The number of aliphatic hydroxyl groups excluding tert-OH is 1. The number of carboxylic acids is 1. The molecule has 0 bridgehead atoms. The third-order valence-electron chi connectivity index (χ3n) is 2.75. The van der Waals surface area contributed by atoms with Crippen molar-refractivity contribution in [2.45, 2.75) is 44.7 Å². The van der Waals surface area contributed by atoms with Gasteiger partial charge in [-0.1, -0.05) is 0 Å². The number of carboxylic acid groups (broad SMARTS) is 1. The second-order valence-corrected chi connectivity index (χ2v) is 6.22. The van der Waals surface area contributed by atoms with Gasteiger partial charge >= 0.3 is 5.97 Å². The number of aliphatic hydroxyl groups is 1. The first-order valence-electron chi connectivity index (χ1n) is 6.08. The standard InChI is InChI=1S/C11H19N3O5S/c1-7(6-15)13-20(18,19)11-8(2)12-14(9(11)3)5-4-10(16)17/h7,13,15H,4-6H2,1-3H3,(H,16,17)/t7-/m1/s1. The summed E-state index contributed by atoms with van der Waals surface area (Å²) in [7, 11) is -3.79. The van der Waals surface area contributed by atoms with Gasteiger partial charge in [0.25, 0.3) is 0 Å². The molecule has 0 fully saturated rings. The van der Waals surface area contributed by atoms with Crippen LogP contribution in [0.1, 0.15) is 24.7 Å². The Bertz CT molecular complexity index is 593. The van der Waals surface area contributed by atoms with Crippen LogP contribution < -0.4 is 4.72 Å². The number of aryl methyl sites for hydroxylation is 2. The minimum Gasteiger partial charge on any atom is -0.481 e. The fourth-order valence-corrected chi connectivity index (χ4v) is 3.50. The van der Waals surface area contributed by atoms with E-state index in [-0.39, 0.29) is 24.5 Å².